The number of primary amides is 1. The smallest absolute Gasteiger partial charge is 0.412 e. The monoisotopic (exact) mass is 590 g/mol. The van der Waals surface area contributed by atoms with Gasteiger partial charge in [0.25, 0.3) is 11.5 Å². The third-order valence-electron chi connectivity index (χ3n) is 7.70. The number of para-hydroxylation sites is 1. The van der Waals surface area contributed by atoms with Crippen LogP contribution in [0.4, 0.5) is 14.9 Å². The number of aromatic nitrogens is 3. The number of piperidine rings is 1. The van der Waals surface area contributed by atoms with Crippen LogP contribution in [0.5, 0.6) is 0 Å². The van der Waals surface area contributed by atoms with E-state index in [9.17, 15) is 19.2 Å². The van der Waals surface area contributed by atoms with Crippen molar-refractivity contribution in [3.8, 4) is 0 Å². The van der Waals surface area contributed by atoms with Crippen LogP contribution < -0.4 is 16.6 Å². The van der Waals surface area contributed by atoms with Crippen molar-refractivity contribution in [2.75, 3.05) is 18.4 Å². The maximum Gasteiger partial charge on any atom is 0.412 e. The molecule has 3 amide bonds. The van der Waals surface area contributed by atoms with Crippen molar-refractivity contribution >= 4 is 46.1 Å². The minimum absolute atomic E-state index is 0.00654. The predicted molar refractivity (Wildman–Crippen MR) is 151 cm³/mol. The normalized spacial score (nSPS) is 18.7. The van der Waals surface area contributed by atoms with Crippen molar-refractivity contribution < 1.29 is 23.5 Å². The molecule has 2 aromatic heterocycles. The zero-order valence-corrected chi connectivity index (χ0v) is 22.8. The Morgan fingerprint density at radius 2 is 1.93 bits per heavy atom. The van der Waals surface area contributed by atoms with Crippen molar-refractivity contribution in [1.29, 1.82) is 0 Å². The van der Waals surface area contributed by atoms with Gasteiger partial charge in [-0.1, -0.05) is 23.7 Å². The van der Waals surface area contributed by atoms with Gasteiger partial charge >= 0.3 is 6.09 Å². The minimum atomic E-state index is -1.51. The van der Waals surface area contributed by atoms with E-state index >= 15 is 4.39 Å². The molecule has 4 aromatic rings. The number of fused-ring (bicyclic) bond motifs is 3. The second kappa shape index (κ2) is 10.5. The van der Waals surface area contributed by atoms with Gasteiger partial charge in [0.1, 0.15) is 12.4 Å². The first kappa shape index (κ1) is 27.3. The molecular formula is C29H24ClFN6O5. The highest BCUT2D eigenvalue weighted by Crippen LogP contribution is 2.45. The molecule has 214 valence electrons. The molecule has 2 aliphatic rings. The number of carbonyl (C=O) groups excluding carboxylic acids is 3. The fourth-order valence-corrected chi connectivity index (χ4v) is 6.10. The number of benzene rings is 2. The second-order valence-electron chi connectivity index (χ2n) is 10.3. The Morgan fingerprint density at radius 3 is 2.69 bits per heavy atom. The summed E-state index contributed by atoms with van der Waals surface area (Å²) in [6.07, 6.45) is 4.21. The fraction of sp³-hybridized carbons (Fsp3) is 0.241. The average Bonchev–Trinajstić information content (AvgIpc) is 2.97. The van der Waals surface area contributed by atoms with E-state index < -0.39 is 40.9 Å². The number of nitrogens with one attached hydrogen (secondary N) is 1. The third kappa shape index (κ3) is 4.63. The summed E-state index contributed by atoms with van der Waals surface area (Å²) >= 11 is 6.11. The largest absolute Gasteiger partial charge is 0.436 e. The van der Waals surface area contributed by atoms with E-state index in [2.05, 4.69) is 15.3 Å². The molecule has 4 heterocycles. The number of nitrogens with zero attached hydrogens (tertiary/aromatic N) is 4. The lowest BCUT2D eigenvalue weighted by Gasteiger charge is -2.45. The van der Waals surface area contributed by atoms with Crippen molar-refractivity contribution in [1.82, 2.24) is 19.4 Å². The minimum Gasteiger partial charge on any atom is -0.436 e. The second-order valence-corrected chi connectivity index (χ2v) is 10.7. The molecule has 1 saturated heterocycles. The number of anilines is 1. The third-order valence-corrected chi connectivity index (χ3v) is 7.99. The Bertz CT molecular complexity index is 1820. The standard InChI is InChI=1S/C29H24ClFN6O5/c30-19-6-7-20-23(24(19)31)29(42-28(41)35-20)9-2-10-36(14-29)27(40)21(11-16-12-33-15-34-13-16)37-22(38)8-5-17-3-1-4-18(25(17)37)26(32)39/h1,3-8,12-13,15,21H,2,9-11,14H2,(H2,32,39)(H,35,41)/t21-,29-/m0/s1. The van der Waals surface area contributed by atoms with Crippen LogP contribution in [-0.4, -0.2) is 50.4 Å². The summed E-state index contributed by atoms with van der Waals surface area (Å²) < 4.78 is 22.4. The molecule has 3 N–H and O–H groups in total. The Hall–Kier alpha value is -4.84. The van der Waals surface area contributed by atoms with Gasteiger partial charge < -0.3 is 15.4 Å². The van der Waals surface area contributed by atoms with Crippen molar-refractivity contribution in [3.05, 3.63) is 99.1 Å². The molecule has 0 aliphatic carbocycles. The van der Waals surface area contributed by atoms with Crippen molar-refractivity contribution in [2.45, 2.75) is 30.9 Å². The van der Waals surface area contributed by atoms with Gasteiger partial charge in [-0.05, 0) is 48.1 Å². The highest BCUT2D eigenvalue weighted by molar-refractivity contribution is 6.31. The van der Waals surface area contributed by atoms with E-state index in [1.165, 1.54) is 52.5 Å². The van der Waals surface area contributed by atoms with Crippen LogP contribution in [0.15, 0.2) is 66.0 Å². The quantitative estimate of drug-likeness (QED) is 0.361. The van der Waals surface area contributed by atoms with E-state index in [4.69, 9.17) is 22.1 Å². The van der Waals surface area contributed by atoms with E-state index in [0.717, 1.165) is 0 Å². The zero-order chi connectivity index (χ0) is 29.6. The Kier molecular flexibility index (Phi) is 6.85. The number of rotatable bonds is 5. The van der Waals surface area contributed by atoms with Gasteiger partial charge in [-0.25, -0.2) is 19.2 Å². The van der Waals surface area contributed by atoms with Gasteiger partial charge in [0.05, 0.1) is 33.9 Å². The summed E-state index contributed by atoms with van der Waals surface area (Å²) in [7, 11) is 0. The molecule has 2 atom stereocenters. The molecule has 0 bridgehead atoms. The molecule has 1 fully saturated rings. The first-order chi connectivity index (χ1) is 20.2. The van der Waals surface area contributed by atoms with Gasteiger partial charge in [0.15, 0.2) is 11.4 Å². The SMILES string of the molecule is NC(=O)c1cccc2ccc(=O)n([C@@H](Cc3cncnc3)C(=O)N3CCC[C@@]4(C3)OC(=O)Nc3ccc(Cl)c(F)c34)c12. The lowest BCUT2D eigenvalue weighted by molar-refractivity contribution is -0.142. The number of likely N-dealkylation sites (tertiary alicyclic amines) is 1. The summed E-state index contributed by atoms with van der Waals surface area (Å²) in [5, 5.41) is 2.88. The van der Waals surface area contributed by atoms with E-state index in [-0.39, 0.29) is 53.3 Å². The van der Waals surface area contributed by atoms with Crippen LogP contribution in [0, 0.1) is 5.82 Å². The van der Waals surface area contributed by atoms with Gasteiger partial charge in [-0.15, -0.1) is 0 Å². The summed E-state index contributed by atoms with van der Waals surface area (Å²) in [5.74, 6) is -2.03. The topological polar surface area (TPSA) is 150 Å². The number of amides is 3. The number of ether oxygens (including phenoxy) is 1. The van der Waals surface area contributed by atoms with Gasteiger partial charge in [-0.2, -0.15) is 0 Å². The number of nitrogens with two attached hydrogens (primary N) is 1. The molecule has 1 spiro atoms. The maximum absolute atomic E-state index is 15.5. The van der Waals surface area contributed by atoms with E-state index in [1.54, 1.807) is 18.2 Å². The lowest BCUT2D eigenvalue weighted by Crippen LogP contribution is -2.55. The zero-order valence-electron chi connectivity index (χ0n) is 22.0. The van der Waals surface area contributed by atoms with Crippen LogP contribution in [0.25, 0.3) is 10.9 Å². The maximum atomic E-state index is 15.5. The lowest BCUT2D eigenvalue weighted by atomic mass is 9.82. The first-order valence-electron chi connectivity index (χ1n) is 13.1. The average molecular weight is 591 g/mol. The fourth-order valence-electron chi connectivity index (χ4n) is 5.94. The van der Waals surface area contributed by atoms with Crippen LogP contribution in [0.1, 0.15) is 40.4 Å². The predicted octanol–water partition coefficient (Wildman–Crippen LogP) is 3.55. The molecule has 2 aliphatic heterocycles. The molecule has 2 aromatic carbocycles. The van der Waals surface area contributed by atoms with Crippen molar-refractivity contribution in [2.24, 2.45) is 5.73 Å². The van der Waals surface area contributed by atoms with Crippen LogP contribution in [0.3, 0.4) is 0 Å². The number of halogens is 2. The van der Waals surface area contributed by atoms with Gasteiger partial charge in [0.2, 0.25) is 5.91 Å². The van der Waals surface area contributed by atoms with Gasteiger partial charge in [0, 0.05) is 31.4 Å². The van der Waals surface area contributed by atoms with E-state index in [1.807, 2.05) is 0 Å². The summed E-state index contributed by atoms with van der Waals surface area (Å²) in [4.78, 5) is 62.5. The van der Waals surface area contributed by atoms with Gasteiger partial charge in [-0.3, -0.25) is 24.3 Å². The number of hydrogen-bond acceptors (Lipinski definition) is 7. The molecular weight excluding hydrogens is 567 g/mol. The molecule has 13 heteroatoms. The molecule has 0 unspecified atom stereocenters. The van der Waals surface area contributed by atoms with E-state index in [0.29, 0.717) is 17.4 Å². The van der Waals surface area contributed by atoms with Crippen LogP contribution in [0.2, 0.25) is 5.02 Å². The van der Waals surface area contributed by atoms with Crippen LogP contribution in [-0.2, 0) is 21.6 Å². The molecule has 11 nitrogen and oxygen atoms in total. The number of carbonyl (C=O) groups is 3. The highest BCUT2D eigenvalue weighted by atomic mass is 35.5. The number of hydrogen-bond donors (Lipinski definition) is 2. The molecule has 0 radical (unpaired) electrons. The molecule has 0 saturated carbocycles. The highest BCUT2D eigenvalue weighted by Gasteiger charge is 2.49. The van der Waals surface area contributed by atoms with Crippen molar-refractivity contribution in [3.63, 3.8) is 0 Å². The first-order valence-corrected chi connectivity index (χ1v) is 13.5. The van der Waals surface area contributed by atoms with Crippen LogP contribution >= 0.6 is 11.6 Å². The Balaban J connectivity index is 1.49. The summed E-state index contributed by atoms with van der Waals surface area (Å²) in [5.41, 5.74) is 4.72. The molecule has 42 heavy (non-hydrogen) atoms. The summed E-state index contributed by atoms with van der Waals surface area (Å²) in [6.45, 7) is 0.0561. The summed E-state index contributed by atoms with van der Waals surface area (Å²) in [6, 6.07) is 9.35. The Morgan fingerprint density at radius 1 is 1.14 bits per heavy atom. The Labute approximate surface area is 243 Å². The number of pyridine rings is 1. The molecule has 6 rings (SSSR count).